The summed E-state index contributed by atoms with van der Waals surface area (Å²) in [5.74, 6) is 0. The van der Waals surface area contributed by atoms with Crippen molar-refractivity contribution in [2.24, 2.45) is 19.6 Å². The van der Waals surface area contributed by atoms with Crippen LogP contribution in [0.25, 0.3) is 5.08 Å². The first-order valence-corrected chi connectivity index (χ1v) is 18.9. The minimum Gasteiger partial charge on any atom is -0.322 e. The molecule has 2 aromatic carbocycles. The lowest BCUT2D eigenvalue weighted by molar-refractivity contribution is 0.535. The molecule has 0 aromatic heterocycles. The van der Waals surface area contributed by atoms with Gasteiger partial charge in [-0.3, -0.25) is 0 Å². The number of nitrogens with zero attached hydrogens (tertiary/aromatic N) is 9. The molecule has 2 aliphatic heterocycles. The van der Waals surface area contributed by atoms with Crippen molar-refractivity contribution >= 4 is 43.4 Å². The fourth-order valence-corrected chi connectivity index (χ4v) is 16.2. The topological polar surface area (TPSA) is 116 Å². The number of halogens is 2. The molecule has 0 aliphatic carbocycles. The van der Waals surface area contributed by atoms with Crippen LogP contribution in [-0.4, -0.2) is 73.1 Å². The smallest absolute Gasteiger partial charge is 0.322 e. The molecular formula is C22H35Cl2N11P3+. The van der Waals surface area contributed by atoms with Crippen LogP contribution in [0.1, 0.15) is 23.2 Å². The van der Waals surface area contributed by atoms with Crippen LogP contribution >= 0.6 is 43.4 Å². The van der Waals surface area contributed by atoms with Gasteiger partial charge >= 0.3 is 12.6 Å². The number of nitrogens with one attached hydrogen (secondary N) is 1. The molecule has 2 heterocycles. The van der Waals surface area contributed by atoms with Crippen LogP contribution in [0.15, 0.2) is 74.5 Å². The molecule has 0 saturated carbocycles. The lowest BCUT2D eigenvalue weighted by Crippen LogP contribution is -2.30. The molecule has 2 atom stereocenters. The first-order chi connectivity index (χ1) is 18.0. The Balaban J connectivity index is 1.99. The third kappa shape index (κ3) is 5.98. The Kier molecular flexibility index (Phi) is 9.57. The van der Waals surface area contributed by atoms with Gasteiger partial charge in [-0.2, -0.15) is 9.03 Å². The Labute approximate surface area is 235 Å². The van der Waals surface area contributed by atoms with E-state index in [0.717, 1.165) is 37.3 Å². The number of hydrogen-bond acceptors (Lipinski definition) is 3. The summed E-state index contributed by atoms with van der Waals surface area (Å²) in [4.78, 5) is 4.32. The van der Waals surface area contributed by atoms with Gasteiger partial charge in [0.25, 0.3) is 5.39 Å². The first-order valence-electron chi connectivity index (χ1n) is 12.2. The second-order valence-electron chi connectivity index (χ2n) is 9.40. The molecule has 38 heavy (non-hydrogen) atoms. The van der Waals surface area contributed by atoms with E-state index in [0.29, 0.717) is 0 Å². The molecule has 2 saturated heterocycles. The van der Waals surface area contributed by atoms with Gasteiger partial charge in [0.05, 0.1) is 6.04 Å². The highest BCUT2D eigenvalue weighted by Crippen LogP contribution is 2.76. The second kappa shape index (κ2) is 12.2. The highest BCUT2D eigenvalue weighted by atomic mass is 35.7. The van der Waals surface area contributed by atoms with Crippen LogP contribution in [0, 0.1) is 5.39 Å². The van der Waals surface area contributed by atoms with Crippen LogP contribution in [0.3, 0.4) is 0 Å². The molecule has 2 aliphatic rings. The maximum Gasteiger partial charge on any atom is 0.351 e. The Hall–Kier alpha value is -1.11. The summed E-state index contributed by atoms with van der Waals surface area (Å²) >= 11 is 14.5. The molecule has 0 bridgehead atoms. The van der Waals surface area contributed by atoms with Crippen molar-refractivity contribution in [3.05, 3.63) is 76.9 Å². The van der Waals surface area contributed by atoms with E-state index in [2.05, 4.69) is 15.0 Å². The molecule has 0 spiro atoms. The molecule has 2 aromatic rings. The molecule has 11 nitrogen and oxygen atoms in total. The molecule has 0 amide bonds. The third-order valence-electron chi connectivity index (χ3n) is 6.89. The Bertz CT molecular complexity index is 1260. The van der Waals surface area contributed by atoms with Crippen molar-refractivity contribution in [3.63, 3.8) is 0 Å². The summed E-state index contributed by atoms with van der Waals surface area (Å²) in [5.41, 5.74) is 8.75. The maximum atomic E-state index is 9.90. The average molecular weight is 617 g/mol. The highest BCUT2D eigenvalue weighted by molar-refractivity contribution is 7.94. The van der Waals surface area contributed by atoms with E-state index in [9.17, 15) is 5.39 Å². The Morgan fingerprint density at radius 3 is 1.61 bits per heavy atom. The Morgan fingerprint density at radius 2 is 1.21 bits per heavy atom. The molecule has 2 fully saturated rings. The minimum absolute atomic E-state index is 0.493. The molecular weight excluding hydrogens is 582 g/mol. The number of rotatable bonds is 7. The predicted octanol–water partition coefficient (Wildman–Crippen LogP) is 6.86. The molecule has 3 N–H and O–H groups in total. The summed E-state index contributed by atoms with van der Waals surface area (Å²) in [5, 5.41) is 16.7. The molecule has 206 valence electrons. The van der Waals surface area contributed by atoms with Gasteiger partial charge in [0.1, 0.15) is 0 Å². The zero-order chi connectivity index (χ0) is 27.6. The minimum atomic E-state index is -3.47. The quantitative estimate of drug-likeness (QED) is 0.198. The van der Waals surface area contributed by atoms with E-state index in [4.69, 9.17) is 37.2 Å². The number of hydrogen-bond donors (Lipinski definition) is 2. The summed E-state index contributed by atoms with van der Waals surface area (Å²) < 4.78 is 18.4. The summed E-state index contributed by atoms with van der Waals surface area (Å²) in [6.07, 6.45) is 0. The fourth-order valence-electron chi connectivity index (χ4n) is 4.46. The summed E-state index contributed by atoms with van der Waals surface area (Å²) in [6, 6.07) is 18.6. The number of nitrogens with two attached hydrogens (primary N) is 1. The van der Waals surface area contributed by atoms with E-state index < -0.39 is 33.0 Å². The first kappa shape index (κ1) is 29.9. The van der Waals surface area contributed by atoms with Gasteiger partial charge in [-0.05, 0) is 61.8 Å². The zero-order valence-corrected chi connectivity index (χ0v) is 26.2. The van der Waals surface area contributed by atoms with E-state index >= 15 is 0 Å². The number of diazo groups is 1. The van der Waals surface area contributed by atoms with Gasteiger partial charge in [0.15, 0.2) is 13.4 Å². The maximum absolute atomic E-state index is 9.90. The van der Waals surface area contributed by atoms with Crippen molar-refractivity contribution < 1.29 is 0 Å². The van der Waals surface area contributed by atoms with E-state index in [1.54, 1.807) is 0 Å². The summed E-state index contributed by atoms with van der Waals surface area (Å²) in [7, 11) is 4.26. The fraction of sp³-hybridized carbons (Fsp3) is 0.455. The lowest BCUT2D eigenvalue weighted by atomic mass is 9.95. The van der Waals surface area contributed by atoms with Crippen LogP contribution < -0.4 is 10.8 Å². The van der Waals surface area contributed by atoms with Gasteiger partial charge in [-0.15, -0.1) is 0 Å². The third-order valence-corrected chi connectivity index (χ3v) is 20.2. The van der Waals surface area contributed by atoms with Crippen LogP contribution in [0.2, 0.25) is 0 Å². The van der Waals surface area contributed by atoms with Crippen molar-refractivity contribution in [1.29, 1.82) is 5.39 Å². The van der Waals surface area contributed by atoms with Gasteiger partial charge in [-0.1, -0.05) is 60.7 Å². The molecule has 0 unspecified atom stereocenters. The van der Waals surface area contributed by atoms with Gasteiger partial charge < -0.3 is 5.73 Å². The van der Waals surface area contributed by atoms with Crippen molar-refractivity contribution in [1.82, 2.24) is 23.8 Å². The normalized spacial score (nSPS) is 22.1. The molecule has 4 rings (SSSR count). The highest BCUT2D eigenvalue weighted by Gasteiger charge is 2.44. The van der Waals surface area contributed by atoms with Gasteiger partial charge in [0, 0.05) is 32.2 Å². The molecule has 0 radical (unpaired) electrons. The Morgan fingerprint density at radius 1 is 0.816 bits per heavy atom. The monoisotopic (exact) mass is 616 g/mol. The van der Waals surface area contributed by atoms with E-state index in [1.165, 1.54) is 0 Å². The average Bonchev–Trinajstić information content (AvgIpc) is 3.31. The van der Waals surface area contributed by atoms with Crippen molar-refractivity contribution in [2.45, 2.75) is 12.1 Å². The van der Waals surface area contributed by atoms with Gasteiger partial charge in [0.2, 0.25) is 4.85 Å². The zero-order valence-electron chi connectivity index (χ0n) is 22.0. The lowest BCUT2D eigenvalue weighted by Gasteiger charge is -2.33. The largest absolute Gasteiger partial charge is 0.351 e. The summed E-state index contributed by atoms with van der Waals surface area (Å²) in [6.45, 7) is -2.57. The van der Waals surface area contributed by atoms with E-state index in [-0.39, 0.29) is 0 Å². The van der Waals surface area contributed by atoms with E-state index in [1.807, 2.05) is 108 Å². The van der Waals surface area contributed by atoms with Crippen molar-refractivity contribution in [2.75, 3.05) is 54.4 Å². The number of benzene rings is 2. The van der Waals surface area contributed by atoms with Gasteiger partial charge in [-0.25, -0.2) is 23.8 Å². The van der Waals surface area contributed by atoms with Crippen LogP contribution in [-0.2, 0) is 0 Å². The van der Waals surface area contributed by atoms with Crippen LogP contribution in [0.5, 0.6) is 0 Å². The second-order valence-corrected chi connectivity index (χ2v) is 19.8. The predicted molar refractivity (Wildman–Crippen MR) is 161 cm³/mol. The standard InChI is InChI=1S/C22H35Cl2N11P3/c1-32-15-16-33(2)36(32,23)30-38(29-28-26,31-37(24)34(3)17-18-35(37)4)27-22(20-13-9-6-10-14-20)21(25)19-11-7-5-8-12-19/h5-14,21-22,27H,15-18,25H2,1-4H3/q+1/t21-,22-/m0/s1. The van der Waals surface area contributed by atoms with Crippen molar-refractivity contribution in [3.8, 4) is 0 Å². The van der Waals surface area contributed by atoms with Crippen LogP contribution in [0.4, 0.5) is 0 Å². The SMILES string of the molecule is CN1CCN(C)P1(Cl)=NP(=N[N+]#N)(N=P1(Cl)N(C)CCN1C)N[C@@H](c1ccccc1)[C@@H](N)c1ccccc1. The number of likely N-dealkylation sites (N-methyl/N-ethyl adjacent to an activating group) is 4. The molecule has 16 heteroatoms.